The number of amides is 1. The lowest BCUT2D eigenvalue weighted by molar-refractivity contribution is -0.110. The maximum Gasteiger partial charge on any atom is 0.256 e. The van der Waals surface area contributed by atoms with Gasteiger partial charge in [-0.15, -0.1) is 0 Å². The highest BCUT2D eigenvalue weighted by molar-refractivity contribution is 6.36. The number of nitrogens with one attached hydrogen (secondary N) is 1. The van der Waals surface area contributed by atoms with Crippen LogP contribution < -0.4 is 5.32 Å². The zero-order valence-corrected chi connectivity index (χ0v) is 12.2. The first-order valence-corrected chi connectivity index (χ1v) is 6.68. The molecule has 0 aliphatic carbocycles. The van der Waals surface area contributed by atoms with Crippen molar-refractivity contribution < 1.29 is 4.79 Å². The summed E-state index contributed by atoms with van der Waals surface area (Å²) in [6.07, 6.45) is 1.90. The normalized spacial score (nSPS) is 15.6. The van der Waals surface area contributed by atoms with Crippen LogP contribution in [0, 0.1) is 13.8 Å². The second-order valence-corrected chi connectivity index (χ2v) is 5.35. The van der Waals surface area contributed by atoms with Crippen LogP contribution in [-0.4, -0.2) is 15.7 Å². The van der Waals surface area contributed by atoms with Crippen LogP contribution in [-0.2, 0) is 11.8 Å². The zero-order chi connectivity index (χ0) is 14.4. The van der Waals surface area contributed by atoms with Gasteiger partial charge in [0.2, 0.25) is 0 Å². The van der Waals surface area contributed by atoms with Gasteiger partial charge in [-0.05, 0) is 32.1 Å². The lowest BCUT2D eigenvalue weighted by Crippen LogP contribution is -2.03. The third kappa shape index (κ3) is 1.93. The monoisotopic (exact) mass is 287 g/mol. The molecule has 1 aliphatic rings. The maximum atomic E-state index is 12.1. The topological polar surface area (TPSA) is 46.9 Å². The van der Waals surface area contributed by atoms with Gasteiger partial charge in [0, 0.05) is 34.5 Å². The summed E-state index contributed by atoms with van der Waals surface area (Å²) in [6, 6.07) is 5.42. The fraction of sp³-hybridized carbons (Fsp3) is 0.200. The molecule has 0 atom stereocenters. The van der Waals surface area contributed by atoms with E-state index in [-0.39, 0.29) is 5.91 Å². The van der Waals surface area contributed by atoms with E-state index in [2.05, 4.69) is 10.4 Å². The number of halogens is 1. The molecule has 5 heteroatoms. The standard InChI is InChI=1S/C15H14ClN3O/c1-8-12(9(2)19(3)18-8)7-13-11-5-4-10(16)6-14(11)17-15(13)20/h4-7H,1-3H3,(H,17,20). The van der Waals surface area contributed by atoms with E-state index in [4.69, 9.17) is 11.6 Å². The third-order valence-corrected chi connectivity index (χ3v) is 3.85. The van der Waals surface area contributed by atoms with Gasteiger partial charge in [-0.2, -0.15) is 5.10 Å². The second kappa shape index (κ2) is 4.49. The minimum Gasteiger partial charge on any atom is -0.321 e. The van der Waals surface area contributed by atoms with E-state index in [1.165, 1.54) is 0 Å². The molecule has 0 saturated heterocycles. The smallest absolute Gasteiger partial charge is 0.256 e. The van der Waals surface area contributed by atoms with Gasteiger partial charge in [-0.1, -0.05) is 17.7 Å². The van der Waals surface area contributed by atoms with Crippen molar-refractivity contribution in [1.82, 2.24) is 9.78 Å². The van der Waals surface area contributed by atoms with E-state index in [9.17, 15) is 4.79 Å². The fourth-order valence-corrected chi connectivity index (χ4v) is 2.63. The number of carbonyl (C=O) groups is 1. The number of fused-ring (bicyclic) bond motifs is 1. The van der Waals surface area contributed by atoms with E-state index >= 15 is 0 Å². The van der Waals surface area contributed by atoms with Crippen LogP contribution in [0.1, 0.15) is 22.5 Å². The summed E-state index contributed by atoms with van der Waals surface area (Å²) in [5.74, 6) is -0.107. The van der Waals surface area contributed by atoms with Gasteiger partial charge < -0.3 is 5.32 Å². The lowest BCUT2D eigenvalue weighted by atomic mass is 10.0. The summed E-state index contributed by atoms with van der Waals surface area (Å²) >= 11 is 5.95. The zero-order valence-electron chi connectivity index (χ0n) is 11.5. The van der Waals surface area contributed by atoms with Crippen LogP contribution in [0.2, 0.25) is 5.02 Å². The van der Waals surface area contributed by atoms with Gasteiger partial charge in [0.1, 0.15) is 0 Å². The number of hydrogen-bond donors (Lipinski definition) is 1. The number of aromatic nitrogens is 2. The summed E-state index contributed by atoms with van der Waals surface area (Å²) in [4.78, 5) is 12.1. The van der Waals surface area contributed by atoms with Crippen molar-refractivity contribution in [2.75, 3.05) is 5.32 Å². The molecule has 1 amide bonds. The Morgan fingerprint density at radius 1 is 1.35 bits per heavy atom. The number of carbonyl (C=O) groups excluding carboxylic acids is 1. The molecule has 2 heterocycles. The van der Waals surface area contributed by atoms with E-state index in [1.54, 1.807) is 12.1 Å². The Bertz CT molecular complexity index is 759. The number of nitrogens with zero attached hydrogens (tertiary/aromatic N) is 2. The molecule has 102 valence electrons. The van der Waals surface area contributed by atoms with Gasteiger partial charge in [0.25, 0.3) is 5.91 Å². The Labute approximate surface area is 122 Å². The average Bonchev–Trinajstić information content (AvgIpc) is 2.81. The largest absolute Gasteiger partial charge is 0.321 e. The second-order valence-electron chi connectivity index (χ2n) is 4.91. The molecule has 0 saturated carbocycles. The minimum atomic E-state index is -0.107. The molecule has 0 radical (unpaired) electrons. The highest BCUT2D eigenvalue weighted by atomic mass is 35.5. The SMILES string of the molecule is Cc1nn(C)c(C)c1C=C1C(=O)Nc2cc(Cl)ccc21. The number of rotatable bonds is 1. The lowest BCUT2D eigenvalue weighted by Gasteiger charge is -2.00. The van der Waals surface area contributed by atoms with E-state index < -0.39 is 0 Å². The summed E-state index contributed by atoms with van der Waals surface area (Å²) in [6.45, 7) is 3.93. The molecule has 0 spiro atoms. The van der Waals surface area contributed by atoms with Crippen molar-refractivity contribution in [2.45, 2.75) is 13.8 Å². The molecule has 1 aromatic carbocycles. The predicted octanol–water partition coefficient (Wildman–Crippen LogP) is 3.18. The number of anilines is 1. The molecule has 20 heavy (non-hydrogen) atoms. The van der Waals surface area contributed by atoms with Crippen molar-refractivity contribution >= 4 is 34.8 Å². The Hall–Kier alpha value is -2.07. The Morgan fingerprint density at radius 3 is 2.75 bits per heavy atom. The summed E-state index contributed by atoms with van der Waals surface area (Å²) in [7, 11) is 1.90. The van der Waals surface area contributed by atoms with E-state index in [0.29, 0.717) is 10.6 Å². The van der Waals surface area contributed by atoms with E-state index in [1.807, 2.05) is 37.7 Å². The van der Waals surface area contributed by atoms with Gasteiger partial charge in [-0.25, -0.2) is 0 Å². The Kier molecular flexibility index (Phi) is 2.91. The first-order valence-electron chi connectivity index (χ1n) is 6.30. The predicted molar refractivity (Wildman–Crippen MR) is 80.6 cm³/mol. The minimum absolute atomic E-state index is 0.107. The van der Waals surface area contributed by atoms with Crippen LogP contribution in [0.3, 0.4) is 0 Å². The number of aryl methyl sites for hydroxylation is 2. The molecule has 4 nitrogen and oxygen atoms in total. The molecular weight excluding hydrogens is 274 g/mol. The van der Waals surface area contributed by atoms with Crippen molar-refractivity contribution in [3.05, 3.63) is 45.7 Å². The van der Waals surface area contributed by atoms with Gasteiger partial charge in [0.05, 0.1) is 11.4 Å². The fourth-order valence-electron chi connectivity index (χ4n) is 2.45. The van der Waals surface area contributed by atoms with Crippen molar-refractivity contribution in [1.29, 1.82) is 0 Å². The molecule has 1 N–H and O–H groups in total. The first kappa shape index (κ1) is 12.9. The van der Waals surface area contributed by atoms with Gasteiger partial charge in [-0.3, -0.25) is 9.48 Å². The molecule has 2 aromatic rings. The molecule has 0 fully saturated rings. The summed E-state index contributed by atoms with van der Waals surface area (Å²) < 4.78 is 1.82. The molecule has 0 unspecified atom stereocenters. The highest BCUT2D eigenvalue weighted by Crippen LogP contribution is 2.35. The van der Waals surface area contributed by atoms with Gasteiger partial charge in [0.15, 0.2) is 0 Å². The number of hydrogen-bond acceptors (Lipinski definition) is 2. The van der Waals surface area contributed by atoms with Crippen LogP contribution in [0.4, 0.5) is 5.69 Å². The van der Waals surface area contributed by atoms with Crippen molar-refractivity contribution in [3.8, 4) is 0 Å². The maximum absolute atomic E-state index is 12.1. The molecular formula is C15H14ClN3O. The van der Waals surface area contributed by atoms with Crippen LogP contribution in [0.15, 0.2) is 18.2 Å². The van der Waals surface area contributed by atoms with Crippen LogP contribution >= 0.6 is 11.6 Å². The third-order valence-electron chi connectivity index (χ3n) is 3.62. The number of benzene rings is 1. The van der Waals surface area contributed by atoms with Crippen LogP contribution in [0.5, 0.6) is 0 Å². The molecule has 0 bridgehead atoms. The Balaban J connectivity index is 2.16. The van der Waals surface area contributed by atoms with Crippen molar-refractivity contribution in [2.24, 2.45) is 7.05 Å². The molecule has 1 aliphatic heterocycles. The molecule has 3 rings (SSSR count). The Morgan fingerprint density at radius 2 is 2.10 bits per heavy atom. The summed E-state index contributed by atoms with van der Waals surface area (Å²) in [5, 5.41) is 7.81. The highest BCUT2D eigenvalue weighted by Gasteiger charge is 2.25. The van der Waals surface area contributed by atoms with E-state index in [0.717, 1.165) is 28.2 Å². The van der Waals surface area contributed by atoms with Gasteiger partial charge >= 0.3 is 0 Å². The van der Waals surface area contributed by atoms with Crippen LogP contribution in [0.25, 0.3) is 11.6 Å². The first-order chi connectivity index (χ1) is 9.47. The summed E-state index contributed by atoms with van der Waals surface area (Å²) in [5.41, 5.74) is 5.21. The van der Waals surface area contributed by atoms with Crippen molar-refractivity contribution in [3.63, 3.8) is 0 Å². The average molecular weight is 288 g/mol. The molecule has 1 aromatic heterocycles. The quantitative estimate of drug-likeness (QED) is 0.819.